The van der Waals surface area contributed by atoms with Gasteiger partial charge in [-0.1, -0.05) is 60.7 Å². The van der Waals surface area contributed by atoms with Gasteiger partial charge in [-0.25, -0.2) is 4.39 Å². The largest absolute Gasteiger partial charge is 0.454 e. The van der Waals surface area contributed by atoms with Gasteiger partial charge in [-0.2, -0.15) is 0 Å². The highest BCUT2D eigenvalue weighted by atomic mass is 19.1. The first-order valence-corrected chi connectivity index (χ1v) is 9.32. The van der Waals surface area contributed by atoms with Crippen molar-refractivity contribution in [2.24, 2.45) is 0 Å². The zero-order valence-corrected chi connectivity index (χ0v) is 16.0. The van der Waals surface area contributed by atoms with Crippen molar-refractivity contribution in [3.05, 3.63) is 71.8 Å². The summed E-state index contributed by atoms with van der Waals surface area (Å²) in [6, 6.07) is 19.2. The molecule has 0 bridgehead atoms. The van der Waals surface area contributed by atoms with E-state index < -0.39 is 36.7 Å². The number of rotatable bonds is 7. The van der Waals surface area contributed by atoms with Crippen LogP contribution in [0.2, 0.25) is 0 Å². The second kappa shape index (κ2) is 9.78. The molecule has 2 aromatic carbocycles. The number of hydrogen-bond acceptors (Lipinski definition) is 5. The van der Waals surface area contributed by atoms with Gasteiger partial charge in [0, 0.05) is 6.92 Å². The molecule has 2 aromatic rings. The summed E-state index contributed by atoms with van der Waals surface area (Å²) in [6.45, 7) is 3.52. The highest BCUT2D eigenvalue weighted by molar-refractivity contribution is 5.66. The lowest BCUT2D eigenvalue weighted by Gasteiger charge is -2.42. The molecule has 0 N–H and O–H groups in total. The average Bonchev–Trinajstić information content (AvgIpc) is 2.69. The highest BCUT2D eigenvalue weighted by Gasteiger charge is 2.48. The standard InChI is InChI=1S/C22H25FO5/c1-15-19(25-13-17-9-5-3-6-10-17)20(21(22(23)27-15)28-16(2)24)26-14-18-11-7-4-8-12-18/h3-12,15,19-22H,13-14H2,1-2H3/t15-,19-,20+,21+,22+/m0/s1. The molecule has 0 spiro atoms. The molecule has 0 amide bonds. The van der Waals surface area contributed by atoms with E-state index in [4.69, 9.17) is 18.9 Å². The van der Waals surface area contributed by atoms with Gasteiger partial charge in [-0.15, -0.1) is 0 Å². The minimum atomic E-state index is -1.78. The van der Waals surface area contributed by atoms with Gasteiger partial charge in [-0.05, 0) is 18.1 Å². The molecule has 0 radical (unpaired) electrons. The van der Waals surface area contributed by atoms with Gasteiger partial charge in [0.05, 0.1) is 19.3 Å². The van der Waals surface area contributed by atoms with Crippen molar-refractivity contribution in [2.45, 2.75) is 57.8 Å². The molecule has 5 atom stereocenters. The van der Waals surface area contributed by atoms with Crippen molar-refractivity contribution in [1.29, 1.82) is 0 Å². The second-order valence-electron chi connectivity index (χ2n) is 6.79. The van der Waals surface area contributed by atoms with Crippen LogP contribution in [-0.4, -0.2) is 36.7 Å². The van der Waals surface area contributed by atoms with Crippen LogP contribution >= 0.6 is 0 Å². The molecule has 1 saturated heterocycles. The summed E-state index contributed by atoms with van der Waals surface area (Å²) in [5.41, 5.74) is 1.91. The maximum Gasteiger partial charge on any atom is 0.303 e. The molecule has 0 unspecified atom stereocenters. The van der Waals surface area contributed by atoms with E-state index in [1.807, 2.05) is 60.7 Å². The predicted molar refractivity (Wildman–Crippen MR) is 101 cm³/mol. The molecule has 1 aliphatic rings. The molecular weight excluding hydrogens is 363 g/mol. The van der Waals surface area contributed by atoms with Crippen LogP contribution in [0.1, 0.15) is 25.0 Å². The quantitative estimate of drug-likeness (QED) is 0.676. The number of carbonyl (C=O) groups excluding carboxylic acids is 1. The molecule has 5 nitrogen and oxygen atoms in total. The predicted octanol–water partition coefficient (Wildman–Crippen LogP) is 3.80. The Morgan fingerprint density at radius 3 is 1.89 bits per heavy atom. The van der Waals surface area contributed by atoms with Crippen molar-refractivity contribution in [2.75, 3.05) is 0 Å². The van der Waals surface area contributed by atoms with E-state index in [1.54, 1.807) is 6.92 Å². The highest BCUT2D eigenvalue weighted by Crippen LogP contribution is 2.30. The molecular formula is C22H25FO5. The lowest BCUT2D eigenvalue weighted by molar-refractivity contribution is -0.281. The van der Waals surface area contributed by atoms with Crippen LogP contribution < -0.4 is 0 Å². The maximum atomic E-state index is 14.5. The number of alkyl halides is 1. The van der Waals surface area contributed by atoms with Gasteiger partial charge in [0.2, 0.25) is 6.36 Å². The van der Waals surface area contributed by atoms with E-state index in [1.165, 1.54) is 6.92 Å². The Bertz CT molecular complexity index is 739. The summed E-state index contributed by atoms with van der Waals surface area (Å²) in [7, 11) is 0. The van der Waals surface area contributed by atoms with Gasteiger partial charge in [0.15, 0.2) is 6.10 Å². The first-order valence-electron chi connectivity index (χ1n) is 9.32. The van der Waals surface area contributed by atoms with Gasteiger partial charge in [-0.3, -0.25) is 4.79 Å². The van der Waals surface area contributed by atoms with Crippen molar-refractivity contribution in [3.63, 3.8) is 0 Å². The Labute approximate surface area is 164 Å². The summed E-state index contributed by atoms with van der Waals surface area (Å²) in [4.78, 5) is 11.5. The second-order valence-corrected chi connectivity index (χ2v) is 6.79. The van der Waals surface area contributed by atoms with E-state index in [2.05, 4.69) is 0 Å². The van der Waals surface area contributed by atoms with Crippen molar-refractivity contribution in [1.82, 2.24) is 0 Å². The van der Waals surface area contributed by atoms with E-state index in [-0.39, 0.29) is 6.61 Å². The Morgan fingerprint density at radius 1 is 0.893 bits per heavy atom. The number of benzene rings is 2. The first kappa shape index (κ1) is 20.5. The van der Waals surface area contributed by atoms with Crippen LogP contribution in [0.5, 0.6) is 0 Å². The molecule has 6 heteroatoms. The Balaban J connectivity index is 1.76. The van der Waals surface area contributed by atoms with Gasteiger partial charge in [0.1, 0.15) is 12.2 Å². The van der Waals surface area contributed by atoms with Crippen molar-refractivity contribution < 1.29 is 28.1 Å². The fourth-order valence-electron chi connectivity index (χ4n) is 3.23. The zero-order chi connectivity index (χ0) is 19.9. The molecule has 0 aromatic heterocycles. The van der Waals surface area contributed by atoms with E-state index in [0.717, 1.165) is 11.1 Å². The summed E-state index contributed by atoms with van der Waals surface area (Å²) in [5, 5.41) is 0. The third-order valence-corrected chi connectivity index (χ3v) is 4.59. The molecule has 1 heterocycles. The Hall–Kier alpha value is -2.28. The lowest BCUT2D eigenvalue weighted by Crippen LogP contribution is -2.58. The minimum Gasteiger partial charge on any atom is -0.454 e. The summed E-state index contributed by atoms with van der Waals surface area (Å²) in [5.74, 6) is -0.596. The van der Waals surface area contributed by atoms with Crippen LogP contribution in [-0.2, 0) is 37.0 Å². The minimum absolute atomic E-state index is 0.244. The molecule has 150 valence electrons. The summed E-state index contributed by atoms with van der Waals surface area (Å²) < 4.78 is 37.1. The van der Waals surface area contributed by atoms with E-state index in [0.29, 0.717) is 6.61 Å². The topological polar surface area (TPSA) is 54.0 Å². The zero-order valence-electron chi connectivity index (χ0n) is 16.0. The molecule has 1 aliphatic heterocycles. The van der Waals surface area contributed by atoms with E-state index >= 15 is 0 Å². The maximum absolute atomic E-state index is 14.5. The molecule has 0 saturated carbocycles. The monoisotopic (exact) mass is 388 g/mol. The molecule has 0 aliphatic carbocycles. The molecule has 1 fully saturated rings. The fourth-order valence-corrected chi connectivity index (χ4v) is 3.23. The number of halogens is 1. The Kier molecular flexibility index (Phi) is 7.14. The third-order valence-electron chi connectivity index (χ3n) is 4.59. The van der Waals surface area contributed by atoms with Crippen LogP contribution in [0, 0.1) is 0 Å². The van der Waals surface area contributed by atoms with Gasteiger partial charge >= 0.3 is 5.97 Å². The van der Waals surface area contributed by atoms with Crippen LogP contribution in [0.3, 0.4) is 0 Å². The number of hydrogen-bond donors (Lipinski definition) is 0. The van der Waals surface area contributed by atoms with Crippen LogP contribution in [0.15, 0.2) is 60.7 Å². The number of ether oxygens (including phenoxy) is 4. The van der Waals surface area contributed by atoms with Gasteiger partial charge < -0.3 is 18.9 Å². The fraction of sp³-hybridized carbons (Fsp3) is 0.409. The first-order chi connectivity index (χ1) is 13.5. The Morgan fingerprint density at radius 2 is 1.39 bits per heavy atom. The average molecular weight is 388 g/mol. The van der Waals surface area contributed by atoms with Crippen molar-refractivity contribution >= 4 is 5.97 Å². The smallest absolute Gasteiger partial charge is 0.303 e. The van der Waals surface area contributed by atoms with E-state index in [9.17, 15) is 9.18 Å². The summed E-state index contributed by atoms with van der Waals surface area (Å²) >= 11 is 0. The number of esters is 1. The van der Waals surface area contributed by atoms with Crippen LogP contribution in [0.4, 0.5) is 4.39 Å². The molecule has 3 rings (SSSR count). The molecule has 28 heavy (non-hydrogen) atoms. The van der Waals surface area contributed by atoms with Crippen LogP contribution in [0.25, 0.3) is 0 Å². The SMILES string of the molecule is CC(=O)O[C@@H]1[C@H](OCc2ccccc2)[C@@H](OCc2ccccc2)[C@H](C)O[C@H]1F. The third kappa shape index (κ3) is 5.38. The number of carbonyl (C=O) groups is 1. The van der Waals surface area contributed by atoms with Gasteiger partial charge in [0.25, 0.3) is 0 Å². The lowest BCUT2D eigenvalue weighted by atomic mass is 9.99. The summed E-state index contributed by atoms with van der Waals surface area (Å²) in [6.07, 6.45) is -4.94. The van der Waals surface area contributed by atoms with Crippen molar-refractivity contribution in [3.8, 4) is 0 Å². The normalized spacial score (nSPS) is 27.3.